The molecule has 0 unspecified atom stereocenters. The summed E-state index contributed by atoms with van der Waals surface area (Å²) in [4.78, 5) is 1.73. The standard InChI is InChI=1S/C15H15FN2/c1-18(11-13-9-5-6-10-14(13)16)15(17)12-7-3-2-4-8-12/h2-10,17H,11H2,1H3. The molecule has 18 heavy (non-hydrogen) atoms. The Hall–Kier alpha value is -2.16. The molecule has 0 aliphatic rings. The molecular formula is C15H15FN2. The first-order valence-corrected chi connectivity index (χ1v) is 5.77. The predicted molar refractivity (Wildman–Crippen MR) is 71.1 cm³/mol. The quantitative estimate of drug-likeness (QED) is 0.649. The van der Waals surface area contributed by atoms with Gasteiger partial charge < -0.3 is 4.90 Å². The summed E-state index contributed by atoms with van der Waals surface area (Å²) in [6, 6.07) is 16.1. The average molecular weight is 242 g/mol. The van der Waals surface area contributed by atoms with Gasteiger partial charge in [-0.05, 0) is 6.07 Å². The van der Waals surface area contributed by atoms with Crippen LogP contribution in [0.5, 0.6) is 0 Å². The smallest absolute Gasteiger partial charge is 0.128 e. The number of hydrogen-bond donors (Lipinski definition) is 1. The third-order valence-electron chi connectivity index (χ3n) is 2.79. The van der Waals surface area contributed by atoms with Crippen molar-refractivity contribution in [3.05, 3.63) is 71.5 Å². The zero-order chi connectivity index (χ0) is 13.0. The normalized spacial score (nSPS) is 10.1. The molecule has 0 saturated heterocycles. The third-order valence-corrected chi connectivity index (χ3v) is 2.79. The van der Waals surface area contributed by atoms with Crippen molar-refractivity contribution in [2.75, 3.05) is 7.05 Å². The highest BCUT2D eigenvalue weighted by Crippen LogP contribution is 2.11. The van der Waals surface area contributed by atoms with Crippen LogP contribution in [0.15, 0.2) is 54.6 Å². The van der Waals surface area contributed by atoms with Gasteiger partial charge in [-0.15, -0.1) is 0 Å². The van der Waals surface area contributed by atoms with Crippen LogP contribution in [0, 0.1) is 11.2 Å². The number of amidine groups is 1. The highest BCUT2D eigenvalue weighted by Gasteiger charge is 2.09. The van der Waals surface area contributed by atoms with Crippen molar-refractivity contribution in [3.8, 4) is 0 Å². The summed E-state index contributed by atoms with van der Waals surface area (Å²) >= 11 is 0. The van der Waals surface area contributed by atoms with Crippen molar-refractivity contribution in [3.63, 3.8) is 0 Å². The van der Waals surface area contributed by atoms with E-state index in [4.69, 9.17) is 5.41 Å². The second-order valence-electron chi connectivity index (χ2n) is 4.16. The minimum atomic E-state index is -0.231. The van der Waals surface area contributed by atoms with E-state index in [0.29, 0.717) is 17.9 Å². The highest BCUT2D eigenvalue weighted by atomic mass is 19.1. The van der Waals surface area contributed by atoms with Gasteiger partial charge in [-0.2, -0.15) is 0 Å². The van der Waals surface area contributed by atoms with Crippen LogP contribution in [-0.2, 0) is 6.54 Å². The van der Waals surface area contributed by atoms with E-state index in [0.717, 1.165) is 5.56 Å². The second kappa shape index (κ2) is 5.45. The maximum Gasteiger partial charge on any atom is 0.128 e. The maximum atomic E-state index is 13.5. The molecule has 2 rings (SSSR count). The number of hydrogen-bond acceptors (Lipinski definition) is 1. The molecule has 0 bridgehead atoms. The molecule has 0 aliphatic heterocycles. The van der Waals surface area contributed by atoms with Gasteiger partial charge in [-0.25, -0.2) is 4.39 Å². The van der Waals surface area contributed by atoms with Crippen LogP contribution in [0.1, 0.15) is 11.1 Å². The monoisotopic (exact) mass is 242 g/mol. The lowest BCUT2D eigenvalue weighted by Gasteiger charge is -2.20. The summed E-state index contributed by atoms with van der Waals surface area (Å²) in [5.74, 6) is 0.157. The van der Waals surface area contributed by atoms with Crippen molar-refractivity contribution in [2.24, 2.45) is 0 Å². The first-order chi connectivity index (χ1) is 8.68. The van der Waals surface area contributed by atoms with Crippen LogP contribution < -0.4 is 0 Å². The van der Waals surface area contributed by atoms with E-state index < -0.39 is 0 Å². The fourth-order valence-corrected chi connectivity index (χ4v) is 1.78. The molecule has 0 fully saturated rings. The molecule has 92 valence electrons. The van der Waals surface area contributed by atoms with E-state index in [-0.39, 0.29) is 5.82 Å². The summed E-state index contributed by atoms with van der Waals surface area (Å²) in [5, 5.41) is 8.06. The van der Waals surface area contributed by atoms with Gasteiger partial charge in [0.1, 0.15) is 11.7 Å². The molecule has 2 aromatic rings. The number of nitrogens with zero attached hydrogens (tertiary/aromatic N) is 1. The largest absolute Gasteiger partial charge is 0.355 e. The molecular weight excluding hydrogens is 227 g/mol. The molecule has 2 aromatic carbocycles. The Morgan fingerprint density at radius 1 is 1.06 bits per heavy atom. The van der Waals surface area contributed by atoms with Gasteiger partial charge in [0.15, 0.2) is 0 Å². The van der Waals surface area contributed by atoms with Crippen LogP contribution in [0.4, 0.5) is 4.39 Å². The van der Waals surface area contributed by atoms with E-state index in [1.165, 1.54) is 6.07 Å². The van der Waals surface area contributed by atoms with Gasteiger partial charge in [0.25, 0.3) is 0 Å². The number of halogens is 1. The summed E-state index contributed by atoms with van der Waals surface area (Å²) < 4.78 is 13.5. The maximum absolute atomic E-state index is 13.5. The Morgan fingerprint density at radius 3 is 2.33 bits per heavy atom. The van der Waals surface area contributed by atoms with Crippen LogP contribution in [-0.4, -0.2) is 17.8 Å². The molecule has 0 heterocycles. The van der Waals surface area contributed by atoms with Gasteiger partial charge in [-0.3, -0.25) is 5.41 Å². The molecule has 0 aromatic heterocycles. The Labute approximate surface area is 106 Å². The van der Waals surface area contributed by atoms with Crippen molar-refractivity contribution >= 4 is 5.84 Å². The van der Waals surface area contributed by atoms with Crippen molar-refractivity contribution in [1.29, 1.82) is 5.41 Å². The van der Waals surface area contributed by atoms with E-state index in [9.17, 15) is 4.39 Å². The fourth-order valence-electron chi connectivity index (χ4n) is 1.78. The van der Waals surface area contributed by atoms with E-state index >= 15 is 0 Å². The Bertz CT molecular complexity index is 537. The van der Waals surface area contributed by atoms with Crippen LogP contribution in [0.3, 0.4) is 0 Å². The molecule has 3 heteroatoms. The highest BCUT2D eigenvalue weighted by molar-refractivity contribution is 5.96. The second-order valence-corrected chi connectivity index (χ2v) is 4.16. The minimum Gasteiger partial charge on any atom is -0.355 e. The van der Waals surface area contributed by atoms with E-state index in [1.807, 2.05) is 30.3 Å². The minimum absolute atomic E-state index is 0.231. The summed E-state index contributed by atoms with van der Waals surface area (Å²) in [7, 11) is 1.79. The van der Waals surface area contributed by atoms with Gasteiger partial charge in [-0.1, -0.05) is 48.5 Å². The van der Waals surface area contributed by atoms with Crippen molar-refractivity contribution < 1.29 is 4.39 Å². The van der Waals surface area contributed by atoms with Gasteiger partial charge >= 0.3 is 0 Å². The summed E-state index contributed by atoms with van der Waals surface area (Å²) in [6.45, 7) is 0.389. The van der Waals surface area contributed by atoms with Crippen molar-refractivity contribution in [2.45, 2.75) is 6.54 Å². The molecule has 1 N–H and O–H groups in total. The number of rotatable bonds is 3. The average Bonchev–Trinajstić information content (AvgIpc) is 2.41. The summed E-state index contributed by atoms with van der Waals surface area (Å²) in [6.07, 6.45) is 0. The van der Waals surface area contributed by atoms with Gasteiger partial charge in [0.2, 0.25) is 0 Å². The summed E-state index contributed by atoms with van der Waals surface area (Å²) in [5.41, 5.74) is 1.43. The predicted octanol–water partition coefficient (Wildman–Crippen LogP) is 3.28. The van der Waals surface area contributed by atoms with Gasteiger partial charge in [0.05, 0.1) is 0 Å². The molecule has 0 atom stereocenters. The van der Waals surface area contributed by atoms with Gasteiger partial charge in [0, 0.05) is 24.7 Å². The molecule has 2 nitrogen and oxygen atoms in total. The number of nitrogens with one attached hydrogen (secondary N) is 1. The first kappa shape index (κ1) is 12.3. The molecule has 0 spiro atoms. The zero-order valence-corrected chi connectivity index (χ0v) is 10.2. The number of benzene rings is 2. The van der Waals surface area contributed by atoms with Crippen molar-refractivity contribution in [1.82, 2.24) is 4.90 Å². The molecule has 0 saturated carbocycles. The van der Waals surface area contributed by atoms with Crippen LogP contribution in [0.25, 0.3) is 0 Å². The lowest BCUT2D eigenvalue weighted by molar-refractivity contribution is 0.478. The first-order valence-electron chi connectivity index (χ1n) is 5.77. The third kappa shape index (κ3) is 2.74. The fraction of sp³-hybridized carbons (Fsp3) is 0.133. The Morgan fingerprint density at radius 2 is 1.67 bits per heavy atom. The lowest BCUT2D eigenvalue weighted by atomic mass is 10.1. The molecule has 0 radical (unpaired) electrons. The SMILES string of the molecule is CN(Cc1ccccc1F)C(=N)c1ccccc1. The zero-order valence-electron chi connectivity index (χ0n) is 10.2. The van der Waals surface area contributed by atoms with E-state index in [2.05, 4.69) is 0 Å². The lowest BCUT2D eigenvalue weighted by Crippen LogP contribution is -2.26. The van der Waals surface area contributed by atoms with Crippen LogP contribution in [0.2, 0.25) is 0 Å². The Kier molecular flexibility index (Phi) is 3.72. The van der Waals surface area contributed by atoms with Crippen LogP contribution >= 0.6 is 0 Å². The molecule has 0 aliphatic carbocycles. The molecule has 0 amide bonds. The Balaban J connectivity index is 2.11. The van der Waals surface area contributed by atoms with E-state index in [1.54, 1.807) is 30.1 Å². The topological polar surface area (TPSA) is 27.1 Å².